The molecule has 7 heteroatoms. The number of sulfonamides is 1. The van der Waals surface area contributed by atoms with Crippen molar-refractivity contribution in [2.45, 2.75) is 43.9 Å². The van der Waals surface area contributed by atoms with Crippen molar-refractivity contribution in [2.24, 2.45) is 5.14 Å². The lowest BCUT2D eigenvalue weighted by molar-refractivity contribution is 0.195. The number of nitrogens with two attached hydrogens (primary N) is 1. The quantitative estimate of drug-likeness (QED) is 0.814. The van der Waals surface area contributed by atoms with Gasteiger partial charge < -0.3 is 14.6 Å². The van der Waals surface area contributed by atoms with Crippen molar-refractivity contribution in [2.75, 3.05) is 19.6 Å². The van der Waals surface area contributed by atoms with Gasteiger partial charge in [-0.05, 0) is 51.0 Å². The Morgan fingerprint density at radius 3 is 2.65 bits per heavy atom. The number of hydrogen-bond acceptors (Lipinski definition) is 5. The zero-order chi connectivity index (χ0) is 14.6. The van der Waals surface area contributed by atoms with Gasteiger partial charge in [0.25, 0.3) is 10.0 Å². The van der Waals surface area contributed by atoms with Gasteiger partial charge in [0.2, 0.25) is 5.09 Å². The zero-order valence-corrected chi connectivity index (χ0v) is 12.7. The van der Waals surface area contributed by atoms with E-state index in [2.05, 4.69) is 17.1 Å². The molecule has 0 unspecified atom stereocenters. The van der Waals surface area contributed by atoms with Crippen molar-refractivity contribution in [3.8, 4) is 0 Å². The van der Waals surface area contributed by atoms with Crippen LogP contribution in [0.4, 0.5) is 0 Å². The maximum Gasteiger partial charge on any atom is 0.271 e. The molecule has 2 heterocycles. The highest BCUT2D eigenvalue weighted by Gasteiger charge is 2.19. The number of nitrogens with one attached hydrogen (secondary N) is 1. The number of furan rings is 1. The number of primary sulfonamides is 1. The normalized spacial score (nSPS) is 18.5. The van der Waals surface area contributed by atoms with Crippen molar-refractivity contribution in [3.05, 3.63) is 17.9 Å². The summed E-state index contributed by atoms with van der Waals surface area (Å²) in [5.74, 6) is 0.602. The Kier molecular flexibility index (Phi) is 5.20. The fraction of sp³-hybridized carbons (Fsp3) is 0.692. The molecule has 1 aliphatic heterocycles. The number of rotatable bonds is 6. The van der Waals surface area contributed by atoms with Gasteiger partial charge in [-0.1, -0.05) is 6.92 Å². The van der Waals surface area contributed by atoms with Gasteiger partial charge in [0.15, 0.2) is 0 Å². The number of nitrogens with zero attached hydrogens (tertiary/aromatic N) is 1. The van der Waals surface area contributed by atoms with Crippen molar-refractivity contribution in [3.63, 3.8) is 0 Å². The summed E-state index contributed by atoms with van der Waals surface area (Å²) in [6, 6.07) is 3.51. The van der Waals surface area contributed by atoms with E-state index >= 15 is 0 Å². The lowest BCUT2D eigenvalue weighted by Crippen LogP contribution is -2.42. The summed E-state index contributed by atoms with van der Waals surface area (Å²) < 4.78 is 27.4. The molecule has 0 saturated carbocycles. The molecule has 1 aromatic heterocycles. The van der Waals surface area contributed by atoms with E-state index in [1.165, 1.54) is 19.0 Å². The molecule has 0 aliphatic carbocycles. The van der Waals surface area contributed by atoms with Crippen LogP contribution in [0.25, 0.3) is 0 Å². The van der Waals surface area contributed by atoms with Gasteiger partial charge in [-0.15, -0.1) is 0 Å². The molecule has 1 fully saturated rings. The summed E-state index contributed by atoms with van der Waals surface area (Å²) in [4.78, 5) is 2.48. The first-order valence-corrected chi connectivity index (χ1v) is 8.61. The van der Waals surface area contributed by atoms with E-state index in [0.29, 0.717) is 18.3 Å². The predicted molar refractivity (Wildman–Crippen MR) is 76.7 cm³/mol. The van der Waals surface area contributed by atoms with Crippen LogP contribution in [-0.4, -0.2) is 39.0 Å². The van der Waals surface area contributed by atoms with E-state index in [9.17, 15) is 8.42 Å². The molecular weight excluding hydrogens is 278 g/mol. The molecule has 20 heavy (non-hydrogen) atoms. The second-order valence-corrected chi connectivity index (χ2v) is 6.75. The summed E-state index contributed by atoms with van der Waals surface area (Å²) >= 11 is 0. The van der Waals surface area contributed by atoms with Gasteiger partial charge in [-0.3, -0.25) is 0 Å². The van der Waals surface area contributed by atoms with E-state index < -0.39 is 10.0 Å². The highest BCUT2D eigenvalue weighted by molar-refractivity contribution is 7.89. The molecule has 1 aliphatic rings. The lowest BCUT2D eigenvalue weighted by atomic mass is 10.0. The van der Waals surface area contributed by atoms with Gasteiger partial charge in [0, 0.05) is 6.04 Å². The molecule has 0 atom stereocenters. The molecule has 6 nitrogen and oxygen atoms in total. The molecule has 0 bridgehead atoms. The average molecular weight is 301 g/mol. The van der Waals surface area contributed by atoms with Crippen LogP contribution >= 0.6 is 0 Å². The van der Waals surface area contributed by atoms with E-state index in [-0.39, 0.29) is 5.09 Å². The van der Waals surface area contributed by atoms with Crippen molar-refractivity contribution in [1.29, 1.82) is 0 Å². The van der Waals surface area contributed by atoms with E-state index in [4.69, 9.17) is 9.56 Å². The smallest absolute Gasteiger partial charge is 0.271 e. The largest absolute Gasteiger partial charge is 0.447 e. The summed E-state index contributed by atoms with van der Waals surface area (Å²) in [5.41, 5.74) is 0. The molecule has 0 amide bonds. The van der Waals surface area contributed by atoms with Gasteiger partial charge in [-0.25, -0.2) is 13.6 Å². The Morgan fingerprint density at radius 1 is 1.40 bits per heavy atom. The maximum absolute atomic E-state index is 11.1. The third-order valence-corrected chi connectivity index (χ3v) is 4.39. The molecule has 0 radical (unpaired) electrons. The van der Waals surface area contributed by atoms with Crippen LogP contribution < -0.4 is 10.5 Å². The van der Waals surface area contributed by atoms with Crippen molar-refractivity contribution >= 4 is 10.0 Å². The van der Waals surface area contributed by atoms with E-state index in [0.717, 1.165) is 25.9 Å². The second kappa shape index (κ2) is 6.71. The molecule has 2 rings (SSSR count). The summed E-state index contributed by atoms with van der Waals surface area (Å²) in [6.45, 7) is 6.14. The Hall–Kier alpha value is -0.890. The van der Waals surface area contributed by atoms with Crippen LogP contribution in [0.1, 0.15) is 31.9 Å². The van der Waals surface area contributed by atoms with Crippen LogP contribution in [-0.2, 0) is 16.6 Å². The molecule has 1 aromatic rings. The Balaban J connectivity index is 1.78. The zero-order valence-electron chi connectivity index (χ0n) is 11.8. The SMILES string of the molecule is CCCN1CCC(NCc2ccc(S(N)(=O)=O)o2)CC1. The fourth-order valence-electron chi connectivity index (χ4n) is 2.53. The molecule has 114 valence electrons. The molecule has 0 aromatic carbocycles. The molecule has 0 spiro atoms. The minimum Gasteiger partial charge on any atom is -0.447 e. The number of piperidine rings is 1. The first-order chi connectivity index (χ1) is 9.49. The van der Waals surface area contributed by atoms with Crippen molar-refractivity contribution in [1.82, 2.24) is 10.2 Å². The Morgan fingerprint density at radius 2 is 2.10 bits per heavy atom. The fourth-order valence-corrected chi connectivity index (χ4v) is 3.01. The van der Waals surface area contributed by atoms with Crippen LogP contribution in [0.3, 0.4) is 0 Å². The topological polar surface area (TPSA) is 88.6 Å². The third-order valence-electron chi connectivity index (χ3n) is 3.61. The minimum absolute atomic E-state index is 0.174. The van der Waals surface area contributed by atoms with Gasteiger partial charge in [-0.2, -0.15) is 0 Å². The van der Waals surface area contributed by atoms with Crippen LogP contribution in [0.5, 0.6) is 0 Å². The molecular formula is C13H23N3O3S. The summed E-state index contributed by atoms with van der Waals surface area (Å²) in [5, 5.41) is 8.24. The lowest BCUT2D eigenvalue weighted by Gasteiger charge is -2.32. The highest BCUT2D eigenvalue weighted by Crippen LogP contribution is 2.14. The predicted octanol–water partition coefficient (Wildman–Crippen LogP) is 0.891. The average Bonchev–Trinajstić information content (AvgIpc) is 2.87. The van der Waals surface area contributed by atoms with E-state index in [1.54, 1.807) is 6.07 Å². The summed E-state index contributed by atoms with van der Waals surface area (Å²) in [6.07, 6.45) is 3.42. The third kappa shape index (κ3) is 4.31. The highest BCUT2D eigenvalue weighted by atomic mass is 32.2. The van der Waals surface area contributed by atoms with Crippen molar-refractivity contribution < 1.29 is 12.8 Å². The minimum atomic E-state index is -3.74. The number of hydrogen-bond donors (Lipinski definition) is 2. The first kappa shape index (κ1) is 15.5. The Labute approximate surface area is 120 Å². The maximum atomic E-state index is 11.1. The van der Waals surface area contributed by atoms with Gasteiger partial charge >= 0.3 is 0 Å². The summed E-state index contributed by atoms with van der Waals surface area (Å²) in [7, 11) is -3.74. The van der Waals surface area contributed by atoms with Crippen LogP contribution in [0, 0.1) is 0 Å². The molecule has 3 N–H and O–H groups in total. The monoisotopic (exact) mass is 301 g/mol. The van der Waals surface area contributed by atoms with Crippen LogP contribution in [0.15, 0.2) is 21.6 Å². The molecule has 1 saturated heterocycles. The first-order valence-electron chi connectivity index (χ1n) is 7.06. The van der Waals surface area contributed by atoms with Gasteiger partial charge in [0.05, 0.1) is 6.54 Å². The Bertz CT molecular complexity index is 519. The van der Waals surface area contributed by atoms with Crippen LogP contribution in [0.2, 0.25) is 0 Å². The second-order valence-electron chi connectivity index (χ2n) is 5.26. The van der Waals surface area contributed by atoms with E-state index in [1.807, 2.05) is 0 Å². The number of likely N-dealkylation sites (tertiary alicyclic amines) is 1. The van der Waals surface area contributed by atoms with Gasteiger partial charge in [0.1, 0.15) is 5.76 Å². The standard InChI is InChI=1S/C13H23N3O3S/c1-2-7-16-8-5-11(6-9-16)15-10-12-3-4-13(19-12)20(14,17)18/h3-4,11,15H,2,5-10H2,1H3,(H2,14,17,18).